The van der Waals surface area contributed by atoms with E-state index in [0.29, 0.717) is 43.3 Å². The first-order valence-corrected chi connectivity index (χ1v) is 12.4. The molecule has 0 saturated carbocycles. The molecule has 0 bridgehead atoms. The van der Waals surface area contributed by atoms with Crippen LogP contribution >= 0.6 is 0 Å². The molecule has 1 aliphatic heterocycles. The fourth-order valence-electron chi connectivity index (χ4n) is 4.83. The maximum atomic E-state index is 14.9. The lowest BCUT2D eigenvalue weighted by atomic mass is 10.1. The Hall–Kier alpha value is -3.80. The highest BCUT2D eigenvalue weighted by Crippen LogP contribution is 2.30. The van der Waals surface area contributed by atoms with Gasteiger partial charge in [0.25, 0.3) is 6.43 Å². The van der Waals surface area contributed by atoms with E-state index in [2.05, 4.69) is 30.2 Å². The Labute approximate surface area is 217 Å². The number of nitrogens with one attached hydrogen (secondary N) is 1. The number of aryl methyl sites for hydroxylation is 1. The molecule has 200 valence electrons. The molecular formula is C26H28F4N8. The number of alkyl halides is 2. The minimum Gasteiger partial charge on any atom is -0.368 e. The quantitative estimate of drug-likeness (QED) is 0.331. The average molecular weight is 529 g/mol. The number of benzene rings is 1. The van der Waals surface area contributed by atoms with Gasteiger partial charge in [-0.05, 0) is 45.0 Å². The van der Waals surface area contributed by atoms with Gasteiger partial charge in [0.1, 0.15) is 22.9 Å². The standard InChI is InChI=1S/C26H28F4N8/c1-15(2)38-16(3)33-25-19(27)10-17(11-21(25)38)24-20(28)13-32-26(35-24)34-23-5-4-18(12-31-23)37-8-6-36(7-9-37)14-22(29)30/h4-5,10-13,15,22H,6-9,14H2,1-3H3,(H,31,32,34,35). The topological polar surface area (TPSA) is 75.0 Å². The lowest BCUT2D eigenvalue weighted by Gasteiger charge is -2.35. The smallest absolute Gasteiger partial charge is 0.251 e. The lowest BCUT2D eigenvalue weighted by Crippen LogP contribution is -2.47. The molecule has 4 heterocycles. The fourth-order valence-corrected chi connectivity index (χ4v) is 4.83. The summed E-state index contributed by atoms with van der Waals surface area (Å²) in [5.41, 5.74) is 1.89. The van der Waals surface area contributed by atoms with E-state index in [4.69, 9.17) is 0 Å². The van der Waals surface area contributed by atoms with E-state index in [9.17, 15) is 17.6 Å². The molecule has 0 atom stereocenters. The van der Waals surface area contributed by atoms with Crippen LogP contribution in [0, 0.1) is 18.6 Å². The number of hydrogen-bond acceptors (Lipinski definition) is 7. The van der Waals surface area contributed by atoms with E-state index in [1.807, 2.05) is 24.5 Å². The second-order valence-corrected chi connectivity index (χ2v) is 9.54. The molecule has 1 aromatic carbocycles. The molecule has 8 nitrogen and oxygen atoms in total. The number of anilines is 3. The Bertz CT molecular complexity index is 1430. The van der Waals surface area contributed by atoms with Crippen molar-refractivity contribution < 1.29 is 17.6 Å². The Morgan fingerprint density at radius 1 is 0.947 bits per heavy atom. The molecule has 0 aliphatic carbocycles. The second kappa shape index (κ2) is 10.5. The molecule has 1 fully saturated rings. The van der Waals surface area contributed by atoms with Crippen LogP contribution in [0.15, 0.2) is 36.7 Å². The van der Waals surface area contributed by atoms with Crippen LogP contribution in [0.3, 0.4) is 0 Å². The van der Waals surface area contributed by atoms with Gasteiger partial charge in [0.05, 0.1) is 30.1 Å². The van der Waals surface area contributed by atoms with Gasteiger partial charge in [-0.25, -0.2) is 37.5 Å². The zero-order valence-corrected chi connectivity index (χ0v) is 21.3. The van der Waals surface area contributed by atoms with Crippen LogP contribution in [0.25, 0.3) is 22.3 Å². The molecule has 1 saturated heterocycles. The number of aromatic nitrogens is 5. The third-order valence-corrected chi connectivity index (χ3v) is 6.58. The molecular weight excluding hydrogens is 500 g/mol. The number of pyridine rings is 1. The summed E-state index contributed by atoms with van der Waals surface area (Å²) in [7, 11) is 0. The van der Waals surface area contributed by atoms with E-state index in [-0.39, 0.29) is 35.3 Å². The maximum Gasteiger partial charge on any atom is 0.251 e. The van der Waals surface area contributed by atoms with Crippen LogP contribution < -0.4 is 10.2 Å². The van der Waals surface area contributed by atoms with Crippen molar-refractivity contribution in [3.8, 4) is 11.3 Å². The van der Waals surface area contributed by atoms with Crippen LogP contribution in [0.1, 0.15) is 25.7 Å². The largest absolute Gasteiger partial charge is 0.368 e. The van der Waals surface area contributed by atoms with Gasteiger partial charge in [0.2, 0.25) is 5.95 Å². The number of imidazole rings is 1. The Kier molecular flexibility index (Phi) is 7.15. The van der Waals surface area contributed by atoms with Gasteiger partial charge in [0.15, 0.2) is 11.6 Å². The lowest BCUT2D eigenvalue weighted by molar-refractivity contribution is 0.0854. The highest BCUT2D eigenvalue weighted by Gasteiger charge is 2.21. The van der Waals surface area contributed by atoms with Crippen molar-refractivity contribution in [3.63, 3.8) is 0 Å². The molecule has 1 aliphatic rings. The summed E-state index contributed by atoms with van der Waals surface area (Å²) in [6.07, 6.45) is 0.372. The number of rotatable bonds is 7. The predicted octanol–water partition coefficient (Wildman–Crippen LogP) is 5.19. The van der Waals surface area contributed by atoms with Crippen LogP contribution in [0.4, 0.5) is 35.0 Å². The molecule has 1 N–H and O–H groups in total. The summed E-state index contributed by atoms with van der Waals surface area (Å²) in [5.74, 6) is -0.0223. The van der Waals surface area contributed by atoms with Crippen LogP contribution in [0.5, 0.6) is 0 Å². The number of piperazine rings is 1. The van der Waals surface area contributed by atoms with Crippen LogP contribution in [0.2, 0.25) is 0 Å². The maximum absolute atomic E-state index is 14.9. The van der Waals surface area contributed by atoms with Gasteiger partial charge in [-0.3, -0.25) is 4.90 Å². The summed E-state index contributed by atoms with van der Waals surface area (Å²) >= 11 is 0. The summed E-state index contributed by atoms with van der Waals surface area (Å²) in [5, 5.41) is 2.96. The third-order valence-electron chi connectivity index (χ3n) is 6.58. The normalized spacial score (nSPS) is 14.7. The van der Waals surface area contributed by atoms with Gasteiger partial charge in [-0.1, -0.05) is 0 Å². The van der Waals surface area contributed by atoms with E-state index in [0.717, 1.165) is 11.9 Å². The van der Waals surface area contributed by atoms with Gasteiger partial charge in [-0.15, -0.1) is 0 Å². The minimum absolute atomic E-state index is 0.0395. The average Bonchev–Trinajstić information content (AvgIpc) is 3.22. The van der Waals surface area contributed by atoms with E-state index in [1.165, 1.54) is 6.07 Å². The molecule has 0 unspecified atom stereocenters. The fraction of sp³-hybridized carbons (Fsp3) is 0.385. The van der Waals surface area contributed by atoms with Crippen LogP contribution in [-0.4, -0.2) is 68.6 Å². The van der Waals surface area contributed by atoms with E-state index < -0.39 is 18.1 Å². The summed E-state index contributed by atoms with van der Waals surface area (Å²) < 4.78 is 56.8. The molecule has 0 amide bonds. The molecule has 4 aromatic rings. The van der Waals surface area contributed by atoms with Gasteiger partial charge >= 0.3 is 0 Å². The SMILES string of the molecule is Cc1nc2c(F)cc(-c3nc(Nc4ccc(N5CCN(CC(F)F)CC5)cn4)ncc3F)cc2n1C(C)C. The number of halogens is 4. The van der Waals surface area contributed by atoms with E-state index in [1.54, 1.807) is 30.2 Å². The van der Waals surface area contributed by atoms with Crippen molar-refractivity contribution in [2.45, 2.75) is 33.2 Å². The number of fused-ring (bicyclic) bond motifs is 1. The molecule has 5 rings (SSSR count). The van der Waals surface area contributed by atoms with Crippen molar-refractivity contribution >= 4 is 28.5 Å². The molecule has 0 radical (unpaired) electrons. The predicted molar refractivity (Wildman–Crippen MR) is 138 cm³/mol. The van der Waals surface area contributed by atoms with Gasteiger partial charge in [-0.2, -0.15) is 0 Å². The summed E-state index contributed by atoms with van der Waals surface area (Å²) in [4.78, 5) is 20.9. The van der Waals surface area contributed by atoms with Crippen molar-refractivity contribution in [3.05, 3.63) is 54.1 Å². The zero-order chi connectivity index (χ0) is 27.0. The Morgan fingerprint density at radius 3 is 2.37 bits per heavy atom. The molecule has 0 spiro atoms. The van der Waals surface area contributed by atoms with Gasteiger partial charge < -0.3 is 14.8 Å². The molecule has 3 aromatic heterocycles. The summed E-state index contributed by atoms with van der Waals surface area (Å²) in [6.45, 7) is 7.90. The van der Waals surface area contributed by atoms with Gasteiger partial charge in [0, 0.05) is 37.8 Å². The van der Waals surface area contributed by atoms with Crippen molar-refractivity contribution in [2.75, 3.05) is 42.9 Å². The van der Waals surface area contributed by atoms with Crippen molar-refractivity contribution in [1.82, 2.24) is 29.4 Å². The minimum atomic E-state index is -2.34. The first-order valence-electron chi connectivity index (χ1n) is 12.4. The summed E-state index contributed by atoms with van der Waals surface area (Å²) in [6, 6.07) is 6.55. The first-order chi connectivity index (χ1) is 18.2. The third kappa shape index (κ3) is 5.26. The monoisotopic (exact) mass is 528 g/mol. The van der Waals surface area contributed by atoms with Crippen LogP contribution in [-0.2, 0) is 0 Å². The Morgan fingerprint density at radius 2 is 1.71 bits per heavy atom. The first kappa shape index (κ1) is 25.8. The Balaban J connectivity index is 1.34. The molecule has 12 heteroatoms. The van der Waals surface area contributed by atoms with Crippen molar-refractivity contribution in [1.29, 1.82) is 0 Å². The van der Waals surface area contributed by atoms with E-state index >= 15 is 0 Å². The second-order valence-electron chi connectivity index (χ2n) is 9.54. The zero-order valence-electron chi connectivity index (χ0n) is 21.3. The number of nitrogens with zero attached hydrogens (tertiary/aromatic N) is 7. The van der Waals surface area contributed by atoms with Crippen molar-refractivity contribution in [2.24, 2.45) is 0 Å². The molecule has 38 heavy (non-hydrogen) atoms. The highest BCUT2D eigenvalue weighted by atomic mass is 19.3. The highest BCUT2D eigenvalue weighted by molar-refractivity contribution is 5.83. The number of hydrogen-bond donors (Lipinski definition) is 1.